The second kappa shape index (κ2) is 7.62. The minimum absolute atomic E-state index is 0.172. The van der Waals surface area contributed by atoms with E-state index in [0.717, 1.165) is 28.4 Å². The fourth-order valence-electron chi connectivity index (χ4n) is 2.77. The average Bonchev–Trinajstić information content (AvgIpc) is 3.21. The van der Waals surface area contributed by atoms with Gasteiger partial charge in [0.15, 0.2) is 5.78 Å². The quantitative estimate of drug-likeness (QED) is 0.589. The standard InChI is InChI=1S/C21H18O4S/c1-13(14-5-7-15(8-6-14)21(23)24)20(22)16-9-10-18(25-2)17(12-16)19-4-3-11-26-19/h4-10,12H,1,3,11H2,2H3,(H,23,24). The Kier molecular flexibility index (Phi) is 5.28. The number of hydrogen-bond donors (Lipinski definition) is 1. The maximum Gasteiger partial charge on any atom is 0.335 e. The number of benzene rings is 2. The first kappa shape index (κ1) is 18.0. The van der Waals surface area contributed by atoms with Crippen molar-refractivity contribution in [2.24, 2.45) is 0 Å². The highest BCUT2D eigenvalue weighted by Gasteiger charge is 2.18. The predicted molar refractivity (Wildman–Crippen MR) is 105 cm³/mol. The van der Waals surface area contributed by atoms with Gasteiger partial charge < -0.3 is 9.84 Å². The molecule has 2 aromatic carbocycles. The zero-order chi connectivity index (χ0) is 18.7. The van der Waals surface area contributed by atoms with Crippen molar-refractivity contribution in [3.8, 4) is 5.75 Å². The Morgan fingerprint density at radius 2 is 1.73 bits per heavy atom. The lowest BCUT2D eigenvalue weighted by atomic mass is 9.96. The van der Waals surface area contributed by atoms with Crippen LogP contribution in [0.5, 0.6) is 5.75 Å². The molecule has 1 heterocycles. The average molecular weight is 366 g/mol. The molecule has 0 radical (unpaired) electrons. The Hall–Kier alpha value is -2.79. The minimum Gasteiger partial charge on any atom is -0.496 e. The molecule has 26 heavy (non-hydrogen) atoms. The number of allylic oxidation sites excluding steroid dienone is 2. The summed E-state index contributed by atoms with van der Waals surface area (Å²) in [5.74, 6) is 0.564. The molecule has 0 aromatic heterocycles. The zero-order valence-corrected chi connectivity index (χ0v) is 15.1. The van der Waals surface area contributed by atoms with E-state index < -0.39 is 5.97 Å². The number of Topliss-reactive ketones (excluding diaryl/α,β-unsaturated/α-hetero) is 1. The number of carboxylic acids is 1. The number of rotatable bonds is 6. The number of ketones is 1. The molecule has 0 amide bonds. The van der Waals surface area contributed by atoms with E-state index in [4.69, 9.17) is 9.84 Å². The van der Waals surface area contributed by atoms with E-state index in [9.17, 15) is 9.59 Å². The molecule has 4 nitrogen and oxygen atoms in total. The first-order chi connectivity index (χ1) is 12.5. The minimum atomic E-state index is -1.00. The van der Waals surface area contributed by atoms with Crippen molar-refractivity contribution in [1.29, 1.82) is 0 Å². The monoisotopic (exact) mass is 366 g/mol. The summed E-state index contributed by atoms with van der Waals surface area (Å²) in [7, 11) is 1.61. The zero-order valence-electron chi connectivity index (χ0n) is 14.3. The first-order valence-corrected chi connectivity index (χ1v) is 9.08. The molecular formula is C21H18O4S. The van der Waals surface area contributed by atoms with E-state index in [1.165, 1.54) is 12.1 Å². The molecule has 0 aliphatic carbocycles. The van der Waals surface area contributed by atoms with Crippen molar-refractivity contribution >= 4 is 34.0 Å². The third-order valence-electron chi connectivity index (χ3n) is 4.19. The van der Waals surface area contributed by atoms with E-state index in [1.54, 1.807) is 43.1 Å². The summed E-state index contributed by atoms with van der Waals surface area (Å²) in [5, 5.41) is 8.98. The molecule has 0 bridgehead atoms. The number of hydrogen-bond acceptors (Lipinski definition) is 4. The van der Waals surface area contributed by atoms with Crippen LogP contribution in [0.1, 0.15) is 38.3 Å². The molecule has 1 N–H and O–H groups in total. The number of ether oxygens (including phenoxy) is 1. The molecule has 2 aromatic rings. The Labute approximate surface area is 156 Å². The van der Waals surface area contributed by atoms with Gasteiger partial charge >= 0.3 is 5.97 Å². The van der Waals surface area contributed by atoms with Gasteiger partial charge in [-0.05, 0) is 42.3 Å². The van der Waals surface area contributed by atoms with Crippen LogP contribution in [-0.2, 0) is 0 Å². The molecular weight excluding hydrogens is 348 g/mol. The van der Waals surface area contributed by atoms with Gasteiger partial charge in [0.25, 0.3) is 0 Å². The van der Waals surface area contributed by atoms with E-state index in [0.29, 0.717) is 16.7 Å². The number of thioether (sulfide) groups is 1. The summed E-state index contributed by atoms with van der Waals surface area (Å²) in [6.45, 7) is 3.90. The molecule has 0 atom stereocenters. The predicted octanol–water partition coefficient (Wildman–Crippen LogP) is 4.77. The third kappa shape index (κ3) is 3.58. The van der Waals surface area contributed by atoms with Crippen molar-refractivity contribution in [3.05, 3.63) is 77.4 Å². The molecule has 0 saturated carbocycles. The third-order valence-corrected chi connectivity index (χ3v) is 5.32. The van der Waals surface area contributed by atoms with Gasteiger partial charge in [0, 0.05) is 27.4 Å². The smallest absolute Gasteiger partial charge is 0.335 e. The highest BCUT2D eigenvalue weighted by atomic mass is 32.2. The lowest BCUT2D eigenvalue weighted by molar-refractivity contribution is 0.0696. The van der Waals surface area contributed by atoms with Crippen LogP contribution in [0.25, 0.3) is 10.5 Å². The Morgan fingerprint density at radius 3 is 2.31 bits per heavy atom. The van der Waals surface area contributed by atoms with Gasteiger partial charge in [0.05, 0.1) is 12.7 Å². The molecule has 5 heteroatoms. The number of carboxylic acid groups (broad SMARTS) is 1. The van der Waals surface area contributed by atoms with Crippen molar-refractivity contribution in [1.82, 2.24) is 0 Å². The van der Waals surface area contributed by atoms with Crippen LogP contribution >= 0.6 is 11.8 Å². The number of carbonyl (C=O) groups excluding carboxylic acids is 1. The van der Waals surface area contributed by atoms with Crippen LogP contribution in [0, 0.1) is 0 Å². The second-order valence-corrected chi connectivity index (χ2v) is 6.95. The fourth-order valence-corrected chi connectivity index (χ4v) is 3.77. The van der Waals surface area contributed by atoms with Crippen molar-refractivity contribution in [3.63, 3.8) is 0 Å². The van der Waals surface area contributed by atoms with Gasteiger partial charge in [-0.2, -0.15) is 0 Å². The highest BCUT2D eigenvalue weighted by Crippen LogP contribution is 2.39. The van der Waals surface area contributed by atoms with E-state index in [2.05, 4.69) is 12.7 Å². The van der Waals surface area contributed by atoms with Gasteiger partial charge in [-0.3, -0.25) is 4.79 Å². The molecule has 0 unspecified atom stereocenters. The molecule has 1 aliphatic heterocycles. The van der Waals surface area contributed by atoms with Gasteiger partial charge in [0.2, 0.25) is 0 Å². The molecule has 0 saturated heterocycles. The van der Waals surface area contributed by atoms with Gasteiger partial charge in [-0.15, -0.1) is 11.8 Å². The van der Waals surface area contributed by atoms with Crippen LogP contribution in [0.15, 0.2) is 55.1 Å². The Bertz CT molecular complexity index is 910. The summed E-state index contributed by atoms with van der Waals surface area (Å²) in [6.07, 6.45) is 3.15. The first-order valence-electron chi connectivity index (χ1n) is 8.10. The summed E-state index contributed by atoms with van der Waals surface area (Å²) >= 11 is 1.75. The topological polar surface area (TPSA) is 63.6 Å². The SMILES string of the molecule is C=C(C(=O)c1ccc(OC)c(C2=CCCS2)c1)c1ccc(C(=O)O)cc1. The molecule has 3 rings (SSSR count). The molecule has 0 spiro atoms. The van der Waals surface area contributed by atoms with Crippen molar-refractivity contribution in [2.75, 3.05) is 12.9 Å². The van der Waals surface area contributed by atoms with Gasteiger partial charge in [-0.1, -0.05) is 24.8 Å². The lowest BCUT2D eigenvalue weighted by Crippen LogP contribution is -2.04. The van der Waals surface area contributed by atoms with Crippen LogP contribution in [0.3, 0.4) is 0 Å². The van der Waals surface area contributed by atoms with Crippen molar-refractivity contribution in [2.45, 2.75) is 6.42 Å². The fraction of sp³-hybridized carbons (Fsp3) is 0.143. The highest BCUT2D eigenvalue weighted by molar-refractivity contribution is 8.08. The normalized spacial score (nSPS) is 13.2. The maximum absolute atomic E-state index is 12.8. The van der Waals surface area contributed by atoms with E-state index >= 15 is 0 Å². The Morgan fingerprint density at radius 1 is 1.08 bits per heavy atom. The lowest BCUT2D eigenvalue weighted by Gasteiger charge is -2.12. The van der Waals surface area contributed by atoms with Crippen LogP contribution < -0.4 is 4.74 Å². The number of carbonyl (C=O) groups is 2. The van der Waals surface area contributed by atoms with Crippen LogP contribution in [-0.4, -0.2) is 29.7 Å². The van der Waals surface area contributed by atoms with Crippen LogP contribution in [0.4, 0.5) is 0 Å². The summed E-state index contributed by atoms with van der Waals surface area (Å²) < 4.78 is 5.43. The Balaban J connectivity index is 1.90. The number of aromatic carboxylic acids is 1. The van der Waals surface area contributed by atoms with E-state index in [-0.39, 0.29) is 11.3 Å². The molecule has 0 fully saturated rings. The summed E-state index contributed by atoms with van der Waals surface area (Å²) in [6, 6.07) is 11.5. The summed E-state index contributed by atoms with van der Waals surface area (Å²) in [4.78, 5) is 24.9. The van der Waals surface area contributed by atoms with Gasteiger partial charge in [-0.25, -0.2) is 4.79 Å². The summed E-state index contributed by atoms with van der Waals surface area (Å²) in [5.41, 5.74) is 2.54. The second-order valence-electron chi connectivity index (χ2n) is 5.81. The van der Waals surface area contributed by atoms with Crippen molar-refractivity contribution < 1.29 is 19.4 Å². The molecule has 132 valence electrons. The number of methoxy groups -OCH3 is 1. The van der Waals surface area contributed by atoms with Gasteiger partial charge in [0.1, 0.15) is 5.75 Å². The maximum atomic E-state index is 12.8. The van der Waals surface area contributed by atoms with E-state index in [1.807, 2.05) is 6.07 Å². The largest absolute Gasteiger partial charge is 0.496 e. The van der Waals surface area contributed by atoms with Crippen LogP contribution in [0.2, 0.25) is 0 Å². The molecule has 1 aliphatic rings.